The zero-order chi connectivity index (χ0) is 24.8. The summed E-state index contributed by atoms with van der Waals surface area (Å²) in [5.41, 5.74) is 7.53. The monoisotopic (exact) mass is 492 g/mol. The zero-order valence-corrected chi connectivity index (χ0v) is 20.3. The highest BCUT2D eigenvalue weighted by Gasteiger charge is 2.28. The fourth-order valence-electron chi connectivity index (χ4n) is 3.94. The van der Waals surface area contributed by atoms with Gasteiger partial charge in [0.2, 0.25) is 10.0 Å². The number of carbonyl (C=O) groups is 2. The summed E-state index contributed by atoms with van der Waals surface area (Å²) in [4.78, 5) is 27.0. The standard InChI is InChI=1S/C26H28N4O4S/c1-20-6-5-9-23(18-20)26(32)28-27-25(31)22-10-12-24(13-11-22)35(33,34)30-16-14-29(15-17-30)19-21-7-3-2-4-8-21/h2-13,18H,14-17,19H2,1H3,(H,27,31)(H,28,32). The lowest BCUT2D eigenvalue weighted by Crippen LogP contribution is -2.48. The van der Waals surface area contributed by atoms with E-state index in [1.807, 2.05) is 31.2 Å². The average Bonchev–Trinajstić information content (AvgIpc) is 2.88. The number of carbonyl (C=O) groups excluding carboxylic acids is 2. The molecule has 0 atom stereocenters. The second-order valence-electron chi connectivity index (χ2n) is 8.47. The van der Waals surface area contributed by atoms with Crippen LogP contribution in [-0.2, 0) is 16.6 Å². The first-order chi connectivity index (χ1) is 16.8. The molecule has 0 unspecified atom stereocenters. The Balaban J connectivity index is 1.32. The van der Waals surface area contributed by atoms with Crippen molar-refractivity contribution in [3.8, 4) is 0 Å². The molecule has 1 aliphatic heterocycles. The van der Waals surface area contributed by atoms with Gasteiger partial charge in [-0.3, -0.25) is 25.3 Å². The number of sulfonamides is 1. The average molecular weight is 493 g/mol. The summed E-state index contributed by atoms with van der Waals surface area (Å²) in [6.45, 7) is 4.77. The van der Waals surface area contributed by atoms with E-state index >= 15 is 0 Å². The van der Waals surface area contributed by atoms with Gasteiger partial charge in [-0.25, -0.2) is 8.42 Å². The Kier molecular flexibility index (Phi) is 7.60. The van der Waals surface area contributed by atoms with Crippen molar-refractivity contribution in [2.45, 2.75) is 18.4 Å². The van der Waals surface area contributed by atoms with E-state index in [0.29, 0.717) is 31.7 Å². The largest absolute Gasteiger partial charge is 0.296 e. The summed E-state index contributed by atoms with van der Waals surface area (Å²) < 4.78 is 27.6. The zero-order valence-electron chi connectivity index (χ0n) is 19.5. The summed E-state index contributed by atoms with van der Waals surface area (Å²) in [5, 5.41) is 0. The van der Waals surface area contributed by atoms with Crippen molar-refractivity contribution in [1.82, 2.24) is 20.1 Å². The number of benzene rings is 3. The maximum Gasteiger partial charge on any atom is 0.269 e. The van der Waals surface area contributed by atoms with Gasteiger partial charge >= 0.3 is 0 Å². The Labute approximate surface area is 205 Å². The van der Waals surface area contributed by atoms with Gasteiger partial charge < -0.3 is 0 Å². The van der Waals surface area contributed by atoms with Crippen LogP contribution in [0.25, 0.3) is 0 Å². The summed E-state index contributed by atoms with van der Waals surface area (Å²) in [6, 6.07) is 22.8. The number of nitrogens with one attached hydrogen (secondary N) is 2. The topological polar surface area (TPSA) is 98.8 Å². The van der Waals surface area contributed by atoms with Gasteiger partial charge in [0.15, 0.2) is 0 Å². The molecule has 1 saturated heterocycles. The van der Waals surface area contributed by atoms with E-state index in [4.69, 9.17) is 0 Å². The van der Waals surface area contributed by atoms with Crippen LogP contribution in [0.15, 0.2) is 83.8 Å². The number of hydrogen-bond donors (Lipinski definition) is 2. The fraction of sp³-hybridized carbons (Fsp3) is 0.231. The van der Waals surface area contributed by atoms with Crippen molar-refractivity contribution in [2.75, 3.05) is 26.2 Å². The minimum absolute atomic E-state index is 0.134. The van der Waals surface area contributed by atoms with E-state index < -0.39 is 21.8 Å². The lowest BCUT2D eigenvalue weighted by atomic mass is 10.1. The van der Waals surface area contributed by atoms with E-state index in [1.54, 1.807) is 18.2 Å². The van der Waals surface area contributed by atoms with Gasteiger partial charge in [0.1, 0.15) is 0 Å². The molecular weight excluding hydrogens is 464 g/mol. The predicted octanol–water partition coefficient (Wildman–Crippen LogP) is 2.58. The van der Waals surface area contributed by atoms with Gasteiger partial charge in [0.05, 0.1) is 4.90 Å². The van der Waals surface area contributed by atoms with Crippen molar-refractivity contribution >= 4 is 21.8 Å². The number of aryl methyl sites for hydroxylation is 1. The van der Waals surface area contributed by atoms with Gasteiger partial charge in [-0.15, -0.1) is 0 Å². The second kappa shape index (κ2) is 10.8. The number of rotatable bonds is 6. The third-order valence-corrected chi connectivity index (χ3v) is 7.82. The smallest absolute Gasteiger partial charge is 0.269 e. The molecule has 0 radical (unpaired) electrons. The van der Waals surface area contributed by atoms with Crippen LogP contribution in [0.5, 0.6) is 0 Å². The second-order valence-corrected chi connectivity index (χ2v) is 10.4. The molecule has 0 saturated carbocycles. The van der Waals surface area contributed by atoms with Gasteiger partial charge in [-0.05, 0) is 48.9 Å². The van der Waals surface area contributed by atoms with Crippen LogP contribution in [0.3, 0.4) is 0 Å². The number of amides is 2. The summed E-state index contributed by atoms with van der Waals surface area (Å²) in [7, 11) is -3.66. The molecule has 8 nitrogen and oxygen atoms in total. The Morgan fingerprint density at radius 3 is 2.03 bits per heavy atom. The highest BCUT2D eigenvalue weighted by atomic mass is 32.2. The van der Waals surface area contributed by atoms with Crippen molar-refractivity contribution in [1.29, 1.82) is 0 Å². The van der Waals surface area contributed by atoms with Crippen molar-refractivity contribution in [3.63, 3.8) is 0 Å². The molecule has 4 rings (SSSR count). The maximum absolute atomic E-state index is 13.1. The van der Waals surface area contributed by atoms with Gasteiger partial charge in [-0.2, -0.15) is 4.31 Å². The molecule has 9 heteroatoms. The van der Waals surface area contributed by atoms with Crippen LogP contribution in [0.1, 0.15) is 31.8 Å². The lowest BCUT2D eigenvalue weighted by Gasteiger charge is -2.34. The third kappa shape index (κ3) is 6.13. The van der Waals surface area contributed by atoms with Crippen LogP contribution < -0.4 is 10.9 Å². The molecule has 1 heterocycles. The number of nitrogens with zero attached hydrogens (tertiary/aromatic N) is 2. The minimum atomic E-state index is -3.66. The molecule has 3 aromatic carbocycles. The molecule has 2 N–H and O–H groups in total. The Bertz CT molecular complexity index is 1290. The van der Waals surface area contributed by atoms with Gasteiger partial charge in [0.25, 0.3) is 11.8 Å². The molecule has 1 fully saturated rings. The summed E-state index contributed by atoms with van der Waals surface area (Å²) in [6.07, 6.45) is 0. The predicted molar refractivity (Wildman–Crippen MR) is 133 cm³/mol. The Morgan fingerprint density at radius 1 is 0.771 bits per heavy atom. The fourth-order valence-corrected chi connectivity index (χ4v) is 5.36. The first-order valence-electron chi connectivity index (χ1n) is 11.4. The van der Waals surface area contributed by atoms with Crippen LogP contribution in [0, 0.1) is 6.92 Å². The van der Waals surface area contributed by atoms with Crippen LogP contribution in [0.2, 0.25) is 0 Å². The van der Waals surface area contributed by atoms with Crippen LogP contribution in [0.4, 0.5) is 0 Å². The molecule has 0 aromatic heterocycles. The van der Waals surface area contributed by atoms with Gasteiger partial charge in [0, 0.05) is 43.9 Å². The molecule has 1 aliphatic rings. The van der Waals surface area contributed by atoms with Gasteiger partial charge in [-0.1, -0.05) is 48.0 Å². The molecule has 2 amide bonds. The van der Waals surface area contributed by atoms with E-state index in [0.717, 1.165) is 12.1 Å². The first kappa shape index (κ1) is 24.6. The quantitative estimate of drug-likeness (QED) is 0.516. The lowest BCUT2D eigenvalue weighted by molar-refractivity contribution is 0.0846. The third-order valence-electron chi connectivity index (χ3n) is 5.90. The van der Waals surface area contributed by atoms with Crippen molar-refractivity contribution < 1.29 is 18.0 Å². The van der Waals surface area contributed by atoms with Crippen molar-refractivity contribution in [3.05, 3.63) is 101 Å². The van der Waals surface area contributed by atoms with E-state index in [-0.39, 0.29) is 10.5 Å². The normalized spacial score (nSPS) is 14.9. The number of piperazine rings is 1. The molecule has 3 aromatic rings. The highest BCUT2D eigenvalue weighted by Crippen LogP contribution is 2.19. The highest BCUT2D eigenvalue weighted by molar-refractivity contribution is 7.89. The number of hydrogen-bond acceptors (Lipinski definition) is 5. The Hall–Kier alpha value is -3.53. The molecule has 35 heavy (non-hydrogen) atoms. The summed E-state index contributed by atoms with van der Waals surface area (Å²) in [5.74, 6) is -0.975. The minimum Gasteiger partial charge on any atom is -0.296 e. The number of hydrazine groups is 1. The first-order valence-corrected chi connectivity index (χ1v) is 12.8. The van der Waals surface area contributed by atoms with Crippen LogP contribution in [-0.4, -0.2) is 55.6 Å². The van der Waals surface area contributed by atoms with Crippen molar-refractivity contribution in [2.24, 2.45) is 0 Å². The molecular formula is C26H28N4O4S. The Morgan fingerprint density at radius 2 is 1.40 bits per heavy atom. The maximum atomic E-state index is 13.1. The SMILES string of the molecule is Cc1cccc(C(=O)NNC(=O)c2ccc(S(=O)(=O)N3CCN(Cc4ccccc4)CC3)cc2)c1. The summed E-state index contributed by atoms with van der Waals surface area (Å²) >= 11 is 0. The van der Waals surface area contributed by atoms with E-state index in [9.17, 15) is 18.0 Å². The molecule has 182 valence electrons. The van der Waals surface area contributed by atoms with Crippen LogP contribution >= 0.6 is 0 Å². The molecule has 0 bridgehead atoms. The molecule has 0 aliphatic carbocycles. The van der Waals surface area contributed by atoms with E-state index in [1.165, 1.54) is 34.1 Å². The molecule has 0 spiro atoms. The van der Waals surface area contributed by atoms with E-state index in [2.05, 4.69) is 27.9 Å².